The lowest BCUT2D eigenvalue weighted by molar-refractivity contribution is -0.0396. The first-order chi connectivity index (χ1) is 17.0. The van der Waals surface area contributed by atoms with Crippen molar-refractivity contribution in [1.82, 2.24) is 39.7 Å². The molecule has 3 aromatic heterocycles. The predicted molar refractivity (Wildman–Crippen MR) is 123 cm³/mol. The van der Waals surface area contributed by atoms with E-state index in [0.717, 1.165) is 5.56 Å². The van der Waals surface area contributed by atoms with Crippen LogP contribution < -0.4 is 11.1 Å². The summed E-state index contributed by atoms with van der Waals surface area (Å²) < 4.78 is 8.95. The van der Waals surface area contributed by atoms with Crippen molar-refractivity contribution < 1.29 is 20.1 Å². The molecule has 0 amide bonds. The van der Waals surface area contributed by atoms with Crippen molar-refractivity contribution in [3.63, 3.8) is 0 Å². The molecule has 0 spiro atoms. The summed E-state index contributed by atoms with van der Waals surface area (Å²) in [5, 5.41) is 45.9. The van der Waals surface area contributed by atoms with Crippen LogP contribution in [-0.2, 0) is 17.7 Å². The van der Waals surface area contributed by atoms with Crippen LogP contribution in [-0.4, -0.2) is 79.9 Å². The quantitative estimate of drug-likeness (QED) is 0.215. The molecule has 1 aliphatic rings. The van der Waals surface area contributed by atoms with E-state index < -0.39 is 24.5 Å². The zero-order chi connectivity index (χ0) is 24.5. The van der Waals surface area contributed by atoms with Crippen LogP contribution in [0.4, 0.5) is 11.8 Å². The van der Waals surface area contributed by atoms with Gasteiger partial charge in [-0.25, -0.2) is 9.67 Å². The minimum atomic E-state index is -1.31. The molecule has 14 nitrogen and oxygen atoms in total. The maximum atomic E-state index is 10.8. The van der Waals surface area contributed by atoms with Crippen LogP contribution in [0.5, 0.6) is 0 Å². The van der Waals surface area contributed by atoms with Crippen LogP contribution in [0.3, 0.4) is 0 Å². The molecule has 5 rings (SSSR count). The zero-order valence-electron chi connectivity index (χ0n) is 18.9. The topological polar surface area (TPSA) is 195 Å². The van der Waals surface area contributed by atoms with Crippen molar-refractivity contribution in [2.24, 2.45) is 0 Å². The number of benzene rings is 1. The van der Waals surface area contributed by atoms with Crippen LogP contribution in [0.2, 0.25) is 0 Å². The molecule has 6 N–H and O–H groups in total. The van der Waals surface area contributed by atoms with Gasteiger partial charge in [0.05, 0.1) is 19.0 Å². The number of hydrogen-bond donors (Lipinski definition) is 5. The van der Waals surface area contributed by atoms with Crippen LogP contribution >= 0.6 is 0 Å². The van der Waals surface area contributed by atoms with Crippen molar-refractivity contribution in [3.05, 3.63) is 48.0 Å². The number of aliphatic hydroxyl groups is 3. The fourth-order valence-electron chi connectivity index (χ4n) is 4.17. The number of aromatic nitrogens is 8. The number of imidazole rings is 1. The number of aryl methyl sites for hydroxylation is 1. The molecule has 1 fully saturated rings. The first kappa shape index (κ1) is 23.0. The van der Waals surface area contributed by atoms with Crippen LogP contribution in [0.25, 0.3) is 11.2 Å². The van der Waals surface area contributed by atoms with Crippen molar-refractivity contribution in [3.8, 4) is 0 Å². The third kappa shape index (κ3) is 4.27. The highest BCUT2D eigenvalue weighted by Gasteiger charge is 2.47. The van der Waals surface area contributed by atoms with Crippen molar-refractivity contribution in [2.45, 2.75) is 50.5 Å². The highest BCUT2D eigenvalue weighted by Crippen LogP contribution is 2.39. The molecule has 0 saturated carbocycles. The molecule has 4 aromatic rings. The van der Waals surface area contributed by atoms with Crippen molar-refractivity contribution in [2.75, 3.05) is 17.7 Å². The van der Waals surface area contributed by atoms with Gasteiger partial charge in [-0.1, -0.05) is 30.3 Å². The van der Waals surface area contributed by atoms with Gasteiger partial charge in [-0.15, -0.1) is 5.10 Å². The molecule has 184 valence electrons. The number of nitrogens with one attached hydrogen (secondary N) is 1. The summed E-state index contributed by atoms with van der Waals surface area (Å²) in [7, 11) is 0. The van der Waals surface area contributed by atoms with Gasteiger partial charge in [0, 0.05) is 6.54 Å². The van der Waals surface area contributed by atoms with Crippen LogP contribution in [0, 0.1) is 0 Å². The van der Waals surface area contributed by atoms with Gasteiger partial charge in [0.1, 0.15) is 23.8 Å². The molecule has 0 bridgehead atoms. The maximum absolute atomic E-state index is 10.8. The van der Waals surface area contributed by atoms with Crippen molar-refractivity contribution in [1.29, 1.82) is 0 Å². The lowest BCUT2D eigenvalue weighted by Gasteiger charge is -2.18. The molecule has 1 saturated heterocycles. The van der Waals surface area contributed by atoms with E-state index in [-0.39, 0.29) is 24.4 Å². The minimum absolute atomic E-state index is 0.118. The second-order valence-electron chi connectivity index (χ2n) is 8.25. The molecule has 5 atom stereocenters. The number of hydrogen-bond acceptors (Lipinski definition) is 12. The first-order valence-corrected chi connectivity index (χ1v) is 11.2. The molecular formula is C21H26N10O4. The fourth-order valence-corrected chi connectivity index (χ4v) is 4.17. The number of fused-ring (bicyclic) bond motifs is 1. The van der Waals surface area contributed by atoms with Crippen LogP contribution in [0.15, 0.2) is 36.7 Å². The highest BCUT2D eigenvalue weighted by atomic mass is 16.6. The van der Waals surface area contributed by atoms with E-state index in [0.29, 0.717) is 30.0 Å². The number of aliphatic hydroxyl groups excluding tert-OH is 3. The smallest absolute Gasteiger partial charge is 0.227 e. The van der Waals surface area contributed by atoms with Gasteiger partial charge in [-0.3, -0.25) is 4.57 Å². The molecular weight excluding hydrogens is 456 g/mol. The first-order valence-electron chi connectivity index (χ1n) is 11.2. The number of rotatable bonds is 8. The zero-order valence-corrected chi connectivity index (χ0v) is 18.9. The Bertz CT molecular complexity index is 1300. The van der Waals surface area contributed by atoms with Gasteiger partial charge in [0.25, 0.3) is 0 Å². The molecule has 0 unspecified atom stereocenters. The SMILES string of the molecule is CCn1nnnc1[C@H]1O[C@@H](n2cnc3c(N)nc(N[C@H](CO)Cc4ccccc4)nc32)[C@H](O)[C@@H]1O. The Morgan fingerprint density at radius 3 is 2.71 bits per heavy atom. The largest absolute Gasteiger partial charge is 0.394 e. The second-order valence-corrected chi connectivity index (χ2v) is 8.25. The minimum Gasteiger partial charge on any atom is -0.394 e. The van der Waals surface area contributed by atoms with Crippen LogP contribution in [0.1, 0.15) is 30.6 Å². The van der Waals surface area contributed by atoms with E-state index in [1.54, 1.807) is 0 Å². The summed E-state index contributed by atoms with van der Waals surface area (Å²) in [5.41, 5.74) is 7.77. The summed E-state index contributed by atoms with van der Waals surface area (Å²) in [5.74, 6) is 0.604. The van der Waals surface area contributed by atoms with E-state index in [1.807, 2.05) is 37.3 Å². The average Bonchev–Trinajstić information content (AvgIpc) is 3.57. The highest BCUT2D eigenvalue weighted by molar-refractivity contribution is 5.83. The standard InChI is InChI=1S/C21H26N10O4/c1-2-31-19(27-28-29-31)16-14(33)15(34)20(35-16)30-10-23-13-17(22)25-21(26-18(13)30)24-12(9-32)8-11-6-4-3-5-7-11/h3-7,10,12,14-16,20,32-34H,2,8-9H2,1H3,(H3,22,24,25,26)/t12-,14-,15+,16-,20+/m0/s1. The van der Waals surface area contributed by atoms with E-state index in [1.165, 1.54) is 15.6 Å². The molecule has 35 heavy (non-hydrogen) atoms. The van der Waals surface area contributed by atoms with Gasteiger partial charge >= 0.3 is 0 Å². The summed E-state index contributed by atoms with van der Waals surface area (Å²) in [6, 6.07) is 9.35. The normalized spacial score (nSPS) is 23.1. The number of nitrogen functional groups attached to an aromatic ring is 1. The Hall–Kier alpha value is -3.72. The number of anilines is 2. The number of ether oxygens (including phenoxy) is 1. The molecule has 14 heteroatoms. The summed E-state index contributed by atoms with van der Waals surface area (Å²) >= 11 is 0. The molecule has 1 aromatic carbocycles. The number of tetrazole rings is 1. The summed E-state index contributed by atoms with van der Waals surface area (Å²) in [6.45, 7) is 2.17. The Balaban J connectivity index is 1.43. The lowest BCUT2D eigenvalue weighted by Crippen LogP contribution is -2.30. The van der Waals surface area contributed by atoms with Gasteiger partial charge in [0.2, 0.25) is 5.95 Å². The Labute approximate surface area is 199 Å². The summed E-state index contributed by atoms with van der Waals surface area (Å²) in [4.78, 5) is 13.1. The molecule has 0 aliphatic carbocycles. The van der Waals surface area contributed by atoms with E-state index in [4.69, 9.17) is 10.5 Å². The number of nitrogens with zero attached hydrogens (tertiary/aromatic N) is 8. The Morgan fingerprint density at radius 2 is 1.97 bits per heavy atom. The van der Waals surface area contributed by atoms with Gasteiger partial charge < -0.3 is 31.1 Å². The predicted octanol–water partition coefficient (Wildman–Crippen LogP) is -0.578. The molecule has 1 aliphatic heterocycles. The lowest BCUT2D eigenvalue weighted by atomic mass is 10.1. The monoisotopic (exact) mass is 482 g/mol. The van der Waals surface area contributed by atoms with Crippen molar-refractivity contribution >= 4 is 22.9 Å². The summed E-state index contributed by atoms with van der Waals surface area (Å²) in [6.07, 6.45) is -2.61. The van der Waals surface area contributed by atoms with Gasteiger partial charge in [-0.05, 0) is 29.3 Å². The molecule has 0 radical (unpaired) electrons. The number of nitrogens with two attached hydrogens (primary N) is 1. The molecule has 4 heterocycles. The third-order valence-electron chi connectivity index (χ3n) is 5.95. The second kappa shape index (κ2) is 9.50. The maximum Gasteiger partial charge on any atom is 0.227 e. The fraction of sp³-hybridized carbons (Fsp3) is 0.429. The van der Waals surface area contributed by atoms with Gasteiger partial charge in [-0.2, -0.15) is 9.97 Å². The van der Waals surface area contributed by atoms with E-state index >= 15 is 0 Å². The van der Waals surface area contributed by atoms with Gasteiger partial charge in [0.15, 0.2) is 23.5 Å². The van der Waals surface area contributed by atoms with E-state index in [9.17, 15) is 15.3 Å². The Kier molecular flexibility index (Phi) is 6.25. The average molecular weight is 483 g/mol. The Morgan fingerprint density at radius 1 is 1.17 bits per heavy atom. The third-order valence-corrected chi connectivity index (χ3v) is 5.95. The van der Waals surface area contributed by atoms with E-state index in [2.05, 4.69) is 35.8 Å².